The molecule has 0 saturated carbocycles. The Kier molecular flexibility index (Phi) is 2.15. The van der Waals surface area contributed by atoms with Crippen LogP contribution in [0.3, 0.4) is 0 Å². The predicted octanol–water partition coefficient (Wildman–Crippen LogP) is 2.34. The highest BCUT2D eigenvalue weighted by Gasteiger charge is 2.39. The van der Waals surface area contributed by atoms with Crippen LogP contribution in [0.25, 0.3) is 0 Å². The van der Waals surface area contributed by atoms with Gasteiger partial charge in [0.15, 0.2) is 16.1 Å². The van der Waals surface area contributed by atoms with Crippen LogP contribution in [0.2, 0.25) is 0 Å². The molecule has 0 amide bonds. The molecular weight excluding hydrogens is 244 g/mol. The fourth-order valence-corrected chi connectivity index (χ4v) is 1.20. The lowest BCUT2D eigenvalue weighted by atomic mass is 10.4. The van der Waals surface area contributed by atoms with Gasteiger partial charge in [0, 0.05) is 7.05 Å². The topological polar surface area (TPSA) is 17.8 Å². The molecule has 68 valence electrons. The van der Waals surface area contributed by atoms with Gasteiger partial charge in [-0.25, -0.2) is 4.39 Å². The van der Waals surface area contributed by atoms with Crippen molar-refractivity contribution in [2.45, 2.75) is 6.18 Å². The summed E-state index contributed by atoms with van der Waals surface area (Å²) in [6.45, 7) is 0. The van der Waals surface area contributed by atoms with Gasteiger partial charge in [-0.3, -0.25) is 4.68 Å². The highest BCUT2D eigenvalue weighted by atomic mass is 79.9. The maximum absolute atomic E-state index is 12.7. The Labute approximate surface area is 73.3 Å². The Balaban J connectivity index is 3.32. The van der Waals surface area contributed by atoms with E-state index >= 15 is 0 Å². The van der Waals surface area contributed by atoms with Crippen LogP contribution in [0, 0.1) is 5.82 Å². The third-order valence-corrected chi connectivity index (χ3v) is 1.73. The Morgan fingerprint density at radius 2 is 1.92 bits per heavy atom. The van der Waals surface area contributed by atoms with Gasteiger partial charge in [-0.2, -0.15) is 18.3 Å². The molecule has 2 nitrogen and oxygen atoms in total. The number of aromatic nitrogens is 2. The molecule has 0 N–H and O–H groups in total. The molecule has 0 atom stereocenters. The van der Waals surface area contributed by atoms with E-state index in [0.717, 1.165) is 7.05 Å². The second-order valence-corrected chi connectivity index (χ2v) is 2.83. The van der Waals surface area contributed by atoms with Gasteiger partial charge in [0.2, 0.25) is 0 Å². The van der Waals surface area contributed by atoms with E-state index in [9.17, 15) is 17.6 Å². The monoisotopic (exact) mass is 246 g/mol. The lowest BCUT2D eigenvalue weighted by molar-refractivity contribution is -0.146. The molecule has 0 bridgehead atoms. The molecule has 0 aliphatic heterocycles. The van der Waals surface area contributed by atoms with Gasteiger partial charge >= 0.3 is 6.18 Å². The molecule has 0 saturated heterocycles. The molecule has 0 aromatic carbocycles. The first kappa shape index (κ1) is 9.50. The lowest BCUT2D eigenvalue weighted by Gasteiger charge is -2.05. The van der Waals surface area contributed by atoms with E-state index in [2.05, 4.69) is 21.0 Å². The maximum atomic E-state index is 12.7. The van der Waals surface area contributed by atoms with Crippen molar-refractivity contribution in [1.29, 1.82) is 0 Å². The number of rotatable bonds is 0. The van der Waals surface area contributed by atoms with E-state index in [0.29, 0.717) is 4.68 Å². The minimum Gasteiger partial charge on any atom is -0.260 e. The van der Waals surface area contributed by atoms with Gasteiger partial charge in [0.1, 0.15) is 0 Å². The van der Waals surface area contributed by atoms with E-state index in [1.54, 1.807) is 0 Å². The minimum absolute atomic E-state index is 0.433. The number of hydrogen-bond donors (Lipinski definition) is 0. The molecule has 0 radical (unpaired) electrons. The van der Waals surface area contributed by atoms with E-state index in [4.69, 9.17) is 0 Å². The molecule has 0 aliphatic rings. The molecule has 0 fully saturated rings. The van der Waals surface area contributed by atoms with E-state index in [1.807, 2.05) is 0 Å². The van der Waals surface area contributed by atoms with Crippen LogP contribution in [0.1, 0.15) is 5.69 Å². The Bertz CT molecular complexity index is 303. The van der Waals surface area contributed by atoms with Crippen molar-refractivity contribution in [3.8, 4) is 0 Å². The fourth-order valence-electron chi connectivity index (χ4n) is 0.773. The predicted molar refractivity (Wildman–Crippen MR) is 35.9 cm³/mol. The SMILES string of the molecule is Cn1nc(Br)c(F)c1C(F)(F)F. The fraction of sp³-hybridized carbons (Fsp3) is 0.400. The second kappa shape index (κ2) is 2.72. The summed E-state index contributed by atoms with van der Waals surface area (Å²) >= 11 is 2.55. The molecule has 0 spiro atoms. The summed E-state index contributed by atoms with van der Waals surface area (Å²) in [6, 6.07) is 0. The molecule has 1 rings (SSSR count). The summed E-state index contributed by atoms with van der Waals surface area (Å²) in [6.07, 6.45) is -4.71. The van der Waals surface area contributed by atoms with Crippen LogP contribution >= 0.6 is 15.9 Å². The zero-order valence-corrected chi connectivity index (χ0v) is 7.37. The normalized spacial score (nSPS) is 12.2. The van der Waals surface area contributed by atoms with Gasteiger partial charge in [-0.1, -0.05) is 0 Å². The van der Waals surface area contributed by atoms with Gasteiger partial charge in [-0.15, -0.1) is 0 Å². The zero-order chi connectivity index (χ0) is 9.52. The van der Waals surface area contributed by atoms with Crippen molar-refractivity contribution in [2.24, 2.45) is 7.05 Å². The van der Waals surface area contributed by atoms with Crippen LogP contribution in [-0.4, -0.2) is 9.78 Å². The first-order valence-corrected chi connectivity index (χ1v) is 3.58. The summed E-state index contributed by atoms with van der Waals surface area (Å²) in [5, 5.41) is 3.22. The summed E-state index contributed by atoms with van der Waals surface area (Å²) < 4.78 is 48.7. The summed E-state index contributed by atoms with van der Waals surface area (Å²) in [4.78, 5) is 0. The average Bonchev–Trinajstić information content (AvgIpc) is 2.05. The van der Waals surface area contributed by atoms with Crippen LogP contribution in [0.5, 0.6) is 0 Å². The zero-order valence-electron chi connectivity index (χ0n) is 5.78. The van der Waals surface area contributed by atoms with Crippen molar-refractivity contribution in [2.75, 3.05) is 0 Å². The molecule has 1 aromatic heterocycles. The molecule has 1 aromatic rings. The van der Waals surface area contributed by atoms with Crippen molar-refractivity contribution in [1.82, 2.24) is 9.78 Å². The standard InChI is InChI=1S/C5H3BrF4N2/c1-12-3(5(8,9)10)2(7)4(6)11-12/h1H3. The smallest absolute Gasteiger partial charge is 0.260 e. The number of nitrogens with zero attached hydrogens (tertiary/aromatic N) is 2. The van der Waals surface area contributed by atoms with Crippen LogP contribution in [-0.2, 0) is 13.2 Å². The van der Waals surface area contributed by atoms with E-state index in [-0.39, 0.29) is 0 Å². The second-order valence-electron chi connectivity index (χ2n) is 2.07. The van der Waals surface area contributed by atoms with E-state index in [1.165, 1.54) is 0 Å². The third-order valence-electron chi connectivity index (χ3n) is 1.22. The number of alkyl halides is 3. The Morgan fingerprint density at radius 3 is 2.08 bits per heavy atom. The van der Waals surface area contributed by atoms with Crippen molar-refractivity contribution >= 4 is 15.9 Å². The third kappa shape index (κ3) is 1.45. The molecule has 0 aliphatic carbocycles. The number of hydrogen-bond acceptors (Lipinski definition) is 1. The molecular formula is C5H3BrF4N2. The van der Waals surface area contributed by atoms with Crippen LogP contribution < -0.4 is 0 Å². The van der Waals surface area contributed by atoms with Crippen LogP contribution in [0.15, 0.2) is 4.60 Å². The maximum Gasteiger partial charge on any atom is 0.436 e. The summed E-state index contributed by atoms with van der Waals surface area (Å²) in [5.74, 6) is -1.38. The van der Waals surface area contributed by atoms with E-state index < -0.39 is 22.3 Å². The Morgan fingerprint density at radius 1 is 1.42 bits per heavy atom. The summed E-state index contributed by atoms with van der Waals surface area (Å²) in [7, 11) is 1.02. The molecule has 12 heavy (non-hydrogen) atoms. The van der Waals surface area contributed by atoms with Crippen LogP contribution in [0.4, 0.5) is 17.6 Å². The van der Waals surface area contributed by atoms with Gasteiger partial charge in [-0.05, 0) is 15.9 Å². The Hall–Kier alpha value is -0.590. The quantitative estimate of drug-likeness (QED) is 0.643. The average molecular weight is 247 g/mol. The highest BCUT2D eigenvalue weighted by Crippen LogP contribution is 2.33. The lowest BCUT2D eigenvalue weighted by Crippen LogP contribution is -2.13. The number of halogens is 5. The molecule has 7 heteroatoms. The van der Waals surface area contributed by atoms with Gasteiger partial charge in [0.05, 0.1) is 0 Å². The van der Waals surface area contributed by atoms with Crippen molar-refractivity contribution in [3.05, 3.63) is 16.1 Å². The van der Waals surface area contributed by atoms with Gasteiger partial charge < -0.3 is 0 Å². The van der Waals surface area contributed by atoms with Crippen molar-refractivity contribution < 1.29 is 17.6 Å². The first-order chi connectivity index (χ1) is 5.34. The molecule has 1 heterocycles. The summed E-state index contributed by atoms with van der Waals surface area (Å²) in [5.41, 5.74) is -1.38. The largest absolute Gasteiger partial charge is 0.436 e. The molecule has 0 unspecified atom stereocenters. The highest BCUT2D eigenvalue weighted by molar-refractivity contribution is 9.10. The minimum atomic E-state index is -4.71. The number of aryl methyl sites for hydroxylation is 1. The van der Waals surface area contributed by atoms with Gasteiger partial charge in [0.25, 0.3) is 0 Å². The van der Waals surface area contributed by atoms with Crippen molar-refractivity contribution in [3.63, 3.8) is 0 Å². The first-order valence-electron chi connectivity index (χ1n) is 2.79.